The summed E-state index contributed by atoms with van der Waals surface area (Å²) in [5.74, 6) is -0.315. The normalized spacial score (nSPS) is 20.0. The van der Waals surface area contributed by atoms with Crippen molar-refractivity contribution in [2.45, 2.75) is 12.1 Å². The fraction of sp³-hybridized carbons (Fsp3) is 0.263. The predicted octanol–water partition coefficient (Wildman–Crippen LogP) is 3.32. The van der Waals surface area contributed by atoms with Gasteiger partial charge in [-0.2, -0.15) is 5.26 Å². The molecule has 2 aromatic rings. The zero-order valence-electron chi connectivity index (χ0n) is 13.8. The van der Waals surface area contributed by atoms with E-state index < -0.39 is 0 Å². The van der Waals surface area contributed by atoms with Gasteiger partial charge in [0.25, 0.3) is 5.91 Å². The second kappa shape index (κ2) is 8.52. The van der Waals surface area contributed by atoms with Crippen molar-refractivity contribution in [1.82, 2.24) is 10.6 Å². The number of ether oxygens (including phenoxy) is 1. The van der Waals surface area contributed by atoms with Gasteiger partial charge in [-0.05, 0) is 29.8 Å². The van der Waals surface area contributed by atoms with Crippen LogP contribution < -0.4 is 10.6 Å². The van der Waals surface area contributed by atoms with E-state index in [0.717, 1.165) is 5.56 Å². The first-order valence-electron chi connectivity index (χ1n) is 8.17. The van der Waals surface area contributed by atoms with Gasteiger partial charge >= 0.3 is 0 Å². The van der Waals surface area contributed by atoms with Crippen LogP contribution >= 0.6 is 23.2 Å². The number of hydrogen-bond acceptors (Lipinski definition) is 4. The first kappa shape index (κ1) is 18.7. The first-order chi connectivity index (χ1) is 12.6. The maximum atomic E-state index is 12.7. The smallest absolute Gasteiger partial charge is 0.252 e. The van der Waals surface area contributed by atoms with Gasteiger partial charge in [0.1, 0.15) is 6.10 Å². The molecule has 0 aliphatic carbocycles. The van der Waals surface area contributed by atoms with Crippen molar-refractivity contribution in [2.75, 3.05) is 19.7 Å². The van der Waals surface area contributed by atoms with E-state index in [1.807, 2.05) is 12.1 Å². The van der Waals surface area contributed by atoms with Crippen LogP contribution in [0.5, 0.6) is 0 Å². The molecule has 5 nitrogen and oxygen atoms in total. The fourth-order valence-electron chi connectivity index (χ4n) is 2.91. The third-order valence-electron chi connectivity index (χ3n) is 4.19. The molecule has 26 heavy (non-hydrogen) atoms. The molecule has 1 fully saturated rings. The van der Waals surface area contributed by atoms with Crippen LogP contribution in [0.15, 0.2) is 42.5 Å². The van der Waals surface area contributed by atoms with Gasteiger partial charge in [0.15, 0.2) is 0 Å². The molecule has 0 aromatic heterocycles. The van der Waals surface area contributed by atoms with E-state index in [0.29, 0.717) is 40.9 Å². The van der Waals surface area contributed by atoms with Gasteiger partial charge in [-0.1, -0.05) is 41.4 Å². The van der Waals surface area contributed by atoms with E-state index in [-0.39, 0.29) is 18.1 Å². The molecule has 1 heterocycles. The quantitative estimate of drug-likeness (QED) is 0.843. The lowest BCUT2D eigenvalue weighted by atomic mass is 10.0. The van der Waals surface area contributed by atoms with Crippen LogP contribution in [0.2, 0.25) is 10.0 Å². The number of nitriles is 1. The number of halogens is 2. The van der Waals surface area contributed by atoms with E-state index in [2.05, 4.69) is 10.6 Å². The number of hydrogen-bond donors (Lipinski definition) is 2. The summed E-state index contributed by atoms with van der Waals surface area (Å²) in [5.41, 5.74) is 1.51. The molecular weight excluding hydrogens is 373 g/mol. The molecule has 2 N–H and O–H groups in total. The molecular formula is C19H17Cl2N3O2. The van der Waals surface area contributed by atoms with Crippen LogP contribution in [0.1, 0.15) is 27.6 Å². The average Bonchev–Trinajstić information content (AvgIpc) is 2.89. The average molecular weight is 390 g/mol. The monoisotopic (exact) mass is 389 g/mol. The van der Waals surface area contributed by atoms with Crippen molar-refractivity contribution < 1.29 is 9.53 Å². The highest BCUT2D eigenvalue weighted by molar-refractivity contribution is 6.42. The molecule has 0 radical (unpaired) electrons. The molecule has 2 aromatic carbocycles. The summed E-state index contributed by atoms with van der Waals surface area (Å²) >= 11 is 12.1. The predicted molar refractivity (Wildman–Crippen MR) is 100 cm³/mol. The number of amides is 1. The summed E-state index contributed by atoms with van der Waals surface area (Å²) < 4.78 is 5.95. The van der Waals surface area contributed by atoms with E-state index in [9.17, 15) is 10.1 Å². The van der Waals surface area contributed by atoms with Gasteiger partial charge in [0, 0.05) is 13.1 Å². The Balaban J connectivity index is 1.86. The van der Waals surface area contributed by atoms with E-state index >= 15 is 0 Å². The summed E-state index contributed by atoms with van der Waals surface area (Å²) in [4.78, 5) is 12.7. The topological polar surface area (TPSA) is 74.2 Å². The zero-order chi connectivity index (χ0) is 18.5. The van der Waals surface area contributed by atoms with Crippen molar-refractivity contribution in [3.8, 4) is 6.07 Å². The number of carbonyl (C=O) groups is 1. The highest BCUT2D eigenvalue weighted by atomic mass is 35.5. The summed E-state index contributed by atoms with van der Waals surface area (Å²) in [6, 6.07) is 13.7. The van der Waals surface area contributed by atoms with Crippen LogP contribution in [0.25, 0.3) is 0 Å². The number of nitrogens with one attached hydrogen (secondary N) is 2. The first-order valence-corrected chi connectivity index (χ1v) is 8.93. The lowest BCUT2D eigenvalue weighted by Crippen LogP contribution is -2.45. The number of nitrogens with zero attached hydrogens (tertiary/aromatic N) is 1. The lowest BCUT2D eigenvalue weighted by Gasteiger charge is -2.26. The van der Waals surface area contributed by atoms with Crippen LogP contribution in [-0.2, 0) is 4.74 Å². The molecule has 1 aliphatic rings. The molecule has 0 spiro atoms. The van der Waals surface area contributed by atoms with Crippen molar-refractivity contribution in [3.05, 3.63) is 69.2 Å². The molecule has 2 atom stereocenters. The molecule has 0 saturated carbocycles. The molecule has 0 bridgehead atoms. The largest absolute Gasteiger partial charge is 0.370 e. The minimum Gasteiger partial charge on any atom is -0.370 e. The van der Waals surface area contributed by atoms with Crippen LogP contribution in [0, 0.1) is 11.3 Å². The molecule has 3 rings (SSSR count). The van der Waals surface area contributed by atoms with Gasteiger partial charge < -0.3 is 15.4 Å². The molecule has 1 saturated heterocycles. The molecule has 2 unspecified atom stereocenters. The van der Waals surface area contributed by atoms with Crippen molar-refractivity contribution in [1.29, 1.82) is 5.26 Å². The standard InChI is InChI=1S/C19H17Cl2N3O2/c20-15-6-5-12(9-16(15)21)18-17(11-23-7-8-26-18)24-19(25)14-4-2-1-3-13(14)10-22/h1-6,9,17-18,23H,7-8,11H2,(H,24,25). The van der Waals surface area contributed by atoms with Gasteiger partial charge in [-0.15, -0.1) is 0 Å². The van der Waals surface area contributed by atoms with Crippen molar-refractivity contribution in [3.63, 3.8) is 0 Å². The minimum absolute atomic E-state index is 0.315. The highest BCUT2D eigenvalue weighted by Gasteiger charge is 2.28. The molecule has 7 heteroatoms. The second-order valence-electron chi connectivity index (χ2n) is 5.91. The molecule has 1 amide bonds. The Morgan fingerprint density at radius 3 is 2.81 bits per heavy atom. The van der Waals surface area contributed by atoms with E-state index in [1.165, 1.54) is 0 Å². The number of rotatable bonds is 3. The summed E-state index contributed by atoms with van der Waals surface area (Å²) in [6.45, 7) is 1.72. The zero-order valence-corrected chi connectivity index (χ0v) is 15.3. The lowest BCUT2D eigenvalue weighted by molar-refractivity contribution is 0.0417. The summed E-state index contributed by atoms with van der Waals surface area (Å²) in [6.07, 6.45) is -0.377. The molecule has 1 aliphatic heterocycles. The fourth-order valence-corrected chi connectivity index (χ4v) is 3.21. The number of carbonyl (C=O) groups excluding carboxylic acids is 1. The maximum Gasteiger partial charge on any atom is 0.252 e. The summed E-state index contributed by atoms with van der Waals surface area (Å²) in [5, 5.41) is 16.3. The van der Waals surface area contributed by atoms with Crippen LogP contribution in [-0.4, -0.2) is 31.6 Å². The Kier molecular flexibility index (Phi) is 6.12. The van der Waals surface area contributed by atoms with Gasteiger partial charge in [0.05, 0.1) is 39.9 Å². The van der Waals surface area contributed by atoms with Crippen LogP contribution in [0.4, 0.5) is 0 Å². The highest BCUT2D eigenvalue weighted by Crippen LogP contribution is 2.29. The molecule has 134 valence electrons. The Labute approximate surface area is 161 Å². The third kappa shape index (κ3) is 4.17. The SMILES string of the molecule is N#Cc1ccccc1C(=O)NC1CNCCOC1c1ccc(Cl)c(Cl)c1. The van der Waals surface area contributed by atoms with Crippen molar-refractivity contribution >= 4 is 29.1 Å². The van der Waals surface area contributed by atoms with Gasteiger partial charge in [-0.25, -0.2) is 0 Å². The minimum atomic E-state index is -0.377. The summed E-state index contributed by atoms with van der Waals surface area (Å²) in [7, 11) is 0. The number of benzene rings is 2. The third-order valence-corrected chi connectivity index (χ3v) is 4.93. The second-order valence-corrected chi connectivity index (χ2v) is 6.72. The Morgan fingerprint density at radius 1 is 1.23 bits per heavy atom. The Bertz CT molecular complexity index is 851. The Morgan fingerprint density at radius 2 is 2.04 bits per heavy atom. The van der Waals surface area contributed by atoms with E-state index in [4.69, 9.17) is 27.9 Å². The Hall–Kier alpha value is -2.10. The van der Waals surface area contributed by atoms with Crippen molar-refractivity contribution in [2.24, 2.45) is 0 Å². The maximum absolute atomic E-state index is 12.7. The van der Waals surface area contributed by atoms with Gasteiger partial charge in [0.2, 0.25) is 0 Å². The van der Waals surface area contributed by atoms with E-state index in [1.54, 1.807) is 36.4 Å². The van der Waals surface area contributed by atoms with Crippen LogP contribution in [0.3, 0.4) is 0 Å². The van der Waals surface area contributed by atoms with Gasteiger partial charge in [-0.3, -0.25) is 4.79 Å².